The summed E-state index contributed by atoms with van der Waals surface area (Å²) in [6, 6.07) is 6.89. The van der Waals surface area contributed by atoms with Crippen molar-refractivity contribution in [3.63, 3.8) is 0 Å². The van der Waals surface area contributed by atoms with Crippen LogP contribution >= 0.6 is 15.9 Å². The molecule has 0 atom stereocenters. The van der Waals surface area contributed by atoms with Crippen molar-refractivity contribution in [2.24, 2.45) is 5.92 Å². The van der Waals surface area contributed by atoms with Crippen LogP contribution in [0.5, 0.6) is 0 Å². The summed E-state index contributed by atoms with van der Waals surface area (Å²) >= 11 is 3.28. The highest BCUT2D eigenvalue weighted by Crippen LogP contribution is 2.10. The fraction of sp³-hybridized carbons (Fsp3) is 0.333. The SMILES string of the molecule is CC(C)CC(=O)NNC(=O)c1ccc(Br)cc1. The molecule has 0 radical (unpaired) electrons. The topological polar surface area (TPSA) is 58.2 Å². The van der Waals surface area contributed by atoms with E-state index in [-0.39, 0.29) is 17.7 Å². The van der Waals surface area contributed by atoms with Gasteiger partial charge in [0.1, 0.15) is 0 Å². The lowest BCUT2D eigenvalue weighted by Gasteiger charge is -2.08. The van der Waals surface area contributed by atoms with Crippen molar-refractivity contribution in [2.75, 3.05) is 0 Å². The predicted octanol–water partition coefficient (Wildman–Crippen LogP) is 2.26. The lowest BCUT2D eigenvalue weighted by molar-refractivity contribution is -0.122. The Bertz CT molecular complexity index is 401. The lowest BCUT2D eigenvalue weighted by atomic mass is 10.1. The van der Waals surface area contributed by atoms with Gasteiger partial charge in [-0.15, -0.1) is 0 Å². The Morgan fingerprint density at radius 2 is 1.76 bits per heavy atom. The Labute approximate surface area is 109 Å². The Morgan fingerprint density at radius 3 is 2.29 bits per heavy atom. The first-order valence-corrected chi connectivity index (χ1v) is 6.13. The molecule has 0 aliphatic carbocycles. The molecule has 0 saturated heterocycles. The van der Waals surface area contributed by atoms with E-state index in [0.29, 0.717) is 12.0 Å². The van der Waals surface area contributed by atoms with Gasteiger partial charge in [0.2, 0.25) is 5.91 Å². The minimum atomic E-state index is -0.324. The fourth-order valence-electron chi connectivity index (χ4n) is 1.22. The molecule has 0 aromatic heterocycles. The first-order chi connectivity index (χ1) is 7.99. The molecular formula is C12H15BrN2O2. The number of hydrogen-bond donors (Lipinski definition) is 2. The number of halogens is 1. The van der Waals surface area contributed by atoms with Gasteiger partial charge in [-0.05, 0) is 30.2 Å². The van der Waals surface area contributed by atoms with E-state index >= 15 is 0 Å². The maximum Gasteiger partial charge on any atom is 0.269 e. The molecule has 0 saturated carbocycles. The maximum absolute atomic E-state index is 11.6. The molecule has 0 bridgehead atoms. The fourth-order valence-corrected chi connectivity index (χ4v) is 1.49. The molecule has 1 rings (SSSR count). The van der Waals surface area contributed by atoms with Crippen LogP contribution in [0.1, 0.15) is 30.6 Å². The summed E-state index contributed by atoms with van der Waals surface area (Å²) in [6.45, 7) is 3.88. The van der Waals surface area contributed by atoms with Crippen molar-refractivity contribution < 1.29 is 9.59 Å². The summed E-state index contributed by atoms with van der Waals surface area (Å²) in [5, 5.41) is 0. The van der Waals surface area contributed by atoms with Crippen LogP contribution in [0.3, 0.4) is 0 Å². The minimum Gasteiger partial charge on any atom is -0.273 e. The predicted molar refractivity (Wildman–Crippen MR) is 69.2 cm³/mol. The smallest absolute Gasteiger partial charge is 0.269 e. The highest BCUT2D eigenvalue weighted by molar-refractivity contribution is 9.10. The van der Waals surface area contributed by atoms with Gasteiger partial charge >= 0.3 is 0 Å². The minimum absolute atomic E-state index is 0.189. The average molecular weight is 299 g/mol. The molecule has 1 aromatic carbocycles. The van der Waals surface area contributed by atoms with Gasteiger partial charge < -0.3 is 0 Å². The van der Waals surface area contributed by atoms with E-state index in [0.717, 1.165) is 4.47 Å². The van der Waals surface area contributed by atoms with Gasteiger partial charge in [-0.3, -0.25) is 20.4 Å². The number of nitrogens with one attached hydrogen (secondary N) is 2. The van der Waals surface area contributed by atoms with Crippen LogP contribution in [0, 0.1) is 5.92 Å². The van der Waals surface area contributed by atoms with Gasteiger partial charge in [-0.1, -0.05) is 29.8 Å². The summed E-state index contributed by atoms with van der Waals surface area (Å²) in [5.74, 6) is -0.250. The zero-order valence-corrected chi connectivity index (χ0v) is 11.4. The van der Waals surface area contributed by atoms with Crippen LogP contribution in [-0.2, 0) is 4.79 Å². The molecule has 0 aliphatic heterocycles. The molecule has 2 amide bonds. The van der Waals surface area contributed by atoms with Gasteiger partial charge in [0.15, 0.2) is 0 Å². The molecule has 5 heteroatoms. The highest BCUT2D eigenvalue weighted by Gasteiger charge is 2.08. The van der Waals surface area contributed by atoms with Gasteiger partial charge in [0.25, 0.3) is 5.91 Å². The summed E-state index contributed by atoms with van der Waals surface area (Å²) in [7, 11) is 0. The van der Waals surface area contributed by atoms with E-state index in [2.05, 4.69) is 26.8 Å². The largest absolute Gasteiger partial charge is 0.273 e. The second-order valence-corrected chi connectivity index (χ2v) is 5.02. The number of rotatable bonds is 3. The van der Waals surface area contributed by atoms with Crippen molar-refractivity contribution in [3.05, 3.63) is 34.3 Å². The van der Waals surface area contributed by atoms with Gasteiger partial charge in [-0.2, -0.15) is 0 Å². The molecule has 0 unspecified atom stereocenters. The number of hydrazine groups is 1. The van der Waals surface area contributed by atoms with Gasteiger partial charge in [0.05, 0.1) is 0 Å². The molecular weight excluding hydrogens is 284 g/mol. The van der Waals surface area contributed by atoms with Crippen LogP contribution in [0.4, 0.5) is 0 Å². The molecule has 2 N–H and O–H groups in total. The highest BCUT2D eigenvalue weighted by atomic mass is 79.9. The number of benzene rings is 1. The first-order valence-electron chi connectivity index (χ1n) is 5.34. The van der Waals surface area contributed by atoms with Gasteiger partial charge in [-0.25, -0.2) is 0 Å². The van der Waals surface area contributed by atoms with Crippen molar-refractivity contribution >= 4 is 27.7 Å². The molecule has 0 fully saturated rings. The summed E-state index contributed by atoms with van der Waals surface area (Å²) < 4.78 is 0.901. The summed E-state index contributed by atoms with van der Waals surface area (Å²) in [4.78, 5) is 22.9. The van der Waals surface area contributed by atoms with Crippen LogP contribution in [0.2, 0.25) is 0 Å². The van der Waals surface area contributed by atoms with E-state index in [4.69, 9.17) is 0 Å². The Morgan fingerprint density at radius 1 is 1.18 bits per heavy atom. The van der Waals surface area contributed by atoms with Crippen LogP contribution in [0.15, 0.2) is 28.7 Å². The van der Waals surface area contributed by atoms with Crippen LogP contribution in [-0.4, -0.2) is 11.8 Å². The van der Waals surface area contributed by atoms with E-state index in [9.17, 15) is 9.59 Å². The molecule has 4 nitrogen and oxygen atoms in total. The third-order valence-electron chi connectivity index (χ3n) is 2.02. The molecule has 0 heterocycles. The Hall–Kier alpha value is -1.36. The Kier molecular flexibility index (Phi) is 5.15. The van der Waals surface area contributed by atoms with Crippen molar-refractivity contribution in [3.8, 4) is 0 Å². The van der Waals surface area contributed by atoms with E-state index in [1.54, 1.807) is 24.3 Å². The standard InChI is InChI=1S/C12H15BrN2O2/c1-8(2)7-11(16)14-15-12(17)9-3-5-10(13)6-4-9/h3-6,8H,7H2,1-2H3,(H,14,16)(H,15,17). The lowest BCUT2D eigenvalue weighted by Crippen LogP contribution is -2.41. The van der Waals surface area contributed by atoms with Gasteiger partial charge in [0, 0.05) is 16.5 Å². The molecule has 92 valence electrons. The van der Waals surface area contributed by atoms with Crippen molar-refractivity contribution in [2.45, 2.75) is 20.3 Å². The number of carbonyl (C=O) groups is 2. The average Bonchev–Trinajstić information content (AvgIpc) is 2.26. The zero-order chi connectivity index (χ0) is 12.8. The molecule has 1 aromatic rings. The monoisotopic (exact) mass is 298 g/mol. The summed E-state index contributed by atoms with van der Waals surface area (Å²) in [6.07, 6.45) is 0.390. The van der Waals surface area contributed by atoms with E-state index < -0.39 is 0 Å². The van der Waals surface area contributed by atoms with Crippen LogP contribution in [0.25, 0.3) is 0 Å². The normalized spacial score (nSPS) is 10.1. The second kappa shape index (κ2) is 6.39. The Balaban J connectivity index is 2.45. The van der Waals surface area contributed by atoms with Crippen molar-refractivity contribution in [1.82, 2.24) is 10.9 Å². The number of hydrogen-bond acceptors (Lipinski definition) is 2. The molecule has 0 spiro atoms. The first kappa shape index (κ1) is 13.7. The maximum atomic E-state index is 11.6. The quantitative estimate of drug-likeness (QED) is 0.841. The zero-order valence-electron chi connectivity index (χ0n) is 9.79. The number of carbonyl (C=O) groups excluding carboxylic acids is 2. The third kappa shape index (κ3) is 4.99. The van der Waals surface area contributed by atoms with Crippen molar-refractivity contribution in [1.29, 1.82) is 0 Å². The van der Waals surface area contributed by atoms with Crippen LogP contribution < -0.4 is 10.9 Å². The molecule has 17 heavy (non-hydrogen) atoms. The summed E-state index contributed by atoms with van der Waals surface area (Å²) in [5.41, 5.74) is 5.24. The molecule has 0 aliphatic rings. The van der Waals surface area contributed by atoms with E-state index in [1.165, 1.54) is 0 Å². The second-order valence-electron chi connectivity index (χ2n) is 4.11. The third-order valence-corrected chi connectivity index (χ3v) is 2.54. The number of amides is 2. The van der Waals surface area contributed by atoms with E-state index in [1.807, 2.05) is 13.8 Å².